The van der Waals surface area contributed by atoms with Crippen LogP contribution in [0.15, 0.2) is 350 Å². The number of para-hydroxylation sites is 7. The molecule has 0 spiro atoms. The van der Waals surface area contributed by atoms with Crippen LogP contribution >= 0.6 is 11.3 Å². The molecule has 0 aliphatic carbocycles. The van der Waals surface area contributed by atoms with Gasteiger partial charge in [-0.3, -0.25) is 0 Å². The van der Waals surface area contributed by atoms with E-state index in [-0.39, 0.29) is 16.2 Å². The van der Waals surface area contributed by atoms with E-state index in [4.69, 9.17) is 4.42 Å². The topological polar surface area (TPSA) is 31.2 Å². The lowest BCUT2D eigenvalue weighted by atomic mass is 9.87. The zero-order valence-corrected chi connectivity index (χ0v) is 63.3. The van der Waals surface area contributed by atoms with Crippen molar-refractivity contribution in [3.63, 3.8) is 0 Å². The van der Waals surface area contributed by atoms with Crippen LogP contribution in [-0.4, -0.2) is 13.7 Å². The van der Waals surface area contributed by atoms with Gasteiger partial charge in [-0.05, 0) is 183 Å². The van der Waals surface area contributed by atoms with Gasteiger partial charge in [-0.15, -0.1) is 11.3 Å². The highest BCUT2D eigenvalue weighted by atomic mass is 32.1. The van der Waals surface area contributed by atoms with Crippen LogP contribution in [0.5, 0.6) is 0 Å². The van der Waals surface area contributed by atoms with Crippen LogP contribution in [0.2, 0.25) is 0 Å². The number of aromatic nitrogens is 3. The van der Waals surface area contributed by atoms with Crippen molar-refractivity contribution in [2.24, 2.45) is 0 Å². The molecule has 0 bridgehead atoms. The molecule has 0 saturated carbocycles. The summed E-state index contributed by atoms with van der Waals surface area (Å²) in [5, 5.41) is 12.6. The quantitative estimate of drug-likeness (QED) is 0.152. The van der Waals surface area contributed by atoms with Crippen molar-refractivity contribution in [3.8, 4) is 39.3 Å². The smallest absolute Gasteiger partial charge is 0.143 e. The van der Waals surface area contributed by atoms with E-state index >= 15 is 0 Å². The summed E-state index contributed by atoms with van der Waals surface area (Å²) in [4.78, 5) is 2.32. The van der Waals surface area contributed by atoms with Crippen molar-refractivity contribution < 1.29 is 4.42 Å². The molecule has 20 rings (SSSR count). The Labute approximate surface area is 635 Å². The molecule has 0 radical (unpaired) electrons. The first-order valence-electron chi connectivity index (χ1n) is 37.6. The standard InChI is InChI=1S/C34H30N2.C34H27NO.C34H27NS/c1-34(2,3)25-18-20-28(21-19-25)36-32-17-11-10-16-30(32)31-24-29(22-23-33(31)36)35(26-12-6-4-7-13-26)27-14-8-5-9-15-27;2*1-34(2,3)23-16-18-24(19-17-23)35-30-13-6-4-9-26(30)29-21-22(15-20-31(29)35)25-11-8-12-28-27-10-5-7-14-32(27)36-33(25)28/h4-24H,1-3H3;2*4-21H,1-3H3. The van der Waals surface area contributed by atoms with Gasteiger partial charge >= 0.3 is 0 Å². The summed E-state index contributed by atoms with van der Waals surface area (Å²) in [5.41, 5.74) is 25.5. The largest absolute Gasteiger partial charge is 0.455 e. The molecule has 524 valence electrons. The van der Waals surface area contributed by atoms with Crippen LogP contribution in [0.4, 0.5) is 17.1 Å². The number of fused-ring (bicyclic) bond motifs is 15. The van der Waals surface area contributed by atoms with Gasteiger partial charge in [0.2, 0.25) is 0 Å². The molecule has 0 atom stereocenters. The number of rotatable bonds is 8. The Kier molecular flexibility index (Phi) is 16.7. The molecule has 0 amide bonds. The van der Waals surface area contributed by atoms with Gasteiger partial charge in [0, 0.05) is 103 Å². The zero-order valence-electron chi connectivity index (χ0n) is 62.5. The fourth-order valence-electron chi connectivity index (χ4n) is 16.1. The minimum Gasteiger partial charge on any atom is -0.455 e. The number of hydrogen-bond acceptors (Lipinski definition) is 3. The molecule has 5 nitrogen and oxygen atoms in total. The average molecular weight is 1410 g/mol. The van der Waals surface area contributed by atoms with Gasteiger partial charge in [0.1, 0.15) is 11.2 Å². The second kappa shape index (κ2) is 26.8. The van der Waals surface area contributed by atoms with E-state index in [1.807, 2.05) is 23.5 Å². The summed E-state index contributed by atoms with van der Waals surface area (Å²) in [7, 11) is 0. The van der Waals surface area contributed by atoms with E-state index in [0.29, 0.717) is 0 Å². The molecule has 0 saturated heterocycles. The maximum atomic E-state index is 6.35. The molecule has 20 aromatic rings. The summed E-state index contributed by atoms with van der Waals surface area (Å²) in [5.74, 6) is 0. The van der Waals surface area contributed by atoms with E-state index < -0.39 is 0 Å². The fourth-order valence-corrected chi connectivity index (χ4v) is 17.3. The van der Waals surface area contributed by atoms with Gasteiger partial charge in [-0.25, -0.2) is 0 Å². The number of hydrogen-bond donors (Lipinski definition) is 0. The second-order valence-corrected chi connectivity index (χ2v) is 32.7. The normalized spacial score (nSPS) is 12.1. The maximum Gasteiger partial charge on any atom is 0.143 e. The van der Waals surface area contributed by atoms with Crippen molar-refractivity contribution in [1.29, 1.82) is 0 Å². The molecule has 5 heterocycles. The molecule has 108 heavy (non-hydrogen) atoms. The average Bonchev–Trinajstić information content (AvgIpc) is 1.59. The van der Waals surface area contributed by atoms with Crippen molar-refractivity contribution in [3.05, 3.63) is 362 Å². The Bertz CT molecular complexity index is 6440. The summed E-state index contributed by atoms with van der Waals surface area (Å²) in [6.07, 6.45) is 0. The third-order valence-corrected chi connectivity index (χ3v) is 22.9. The Balaban J connectivity index is 0.000000114. The Morgan fingerprint density at radius 1 is 0.259 bits per heavy atom. The third kappa shape index (κ3) is 12.1. The molecular weight excluding hydrogens is 1330 g/mol. The summed E-state index contributed by atoms with van der Waals surface area (Å²) in [6.45, 7) is 20.3. The Hall–Kier alpha value is -12.5. The number of nitrogens with zero attached hydrogens (tertiary/aromatic N) is 4. The Morgan fingerprint density at radius 3 is 1.09 bits per heavy atom. The van der Waals surface area contributed by atoms with Crippen molar-refractivity contribution in [1.82, 2.24) is 13.7 Å². The molecule has 15 aromatic carbocycles. The van der Waals surface area contributed by atoms with Crippen LogP contribution in [0.1, 0.15) is 79.0 Å². The van der Waals surface area contributed by atoms with E-state index in [0.717, 1.165) is 50.1 Å². The molecule has 0 aliphatic heterocycles. The molecular formula is C102H84N4OS. The van der Waals surface area contributed by atoms with Crippen molar-refractivity contribution in [2.75, 3.05) is 4.90 Å². The fraction of sp³-hybridized carbons (Fsp3) is 0.118. The molecule has 0 unspecified atom stereocenters. The minimum absolute atomic E-state index is 0.131. The number of thiophene rings is 1. The highest BCUT2D eigenvalue weighted by molar-refractivity contribution is 7.26. The number of furan rings is 1. The summed E-state index contributed by atoms with van der Waals surface area (Å²) >= 11 is 1.89. The van der Waals surface area contributed by atoms with Gasteiger partial charge in [0.25, 0.3) is 0 Å². The van der Waals surface area contributed by atoms with Crippen LogP contribution < -0.4 is 4.90 Å². The number of benzene rings is 15. The molecule has 0 N–H and O–H groups in total. The van der Waals surface area contributed by atoms with Crippen molar-refractivity contribution in [2.45, 2.75) is 78.6 Å². The lowest BCUT2D eigenvalue weighted by Gasteiger charge is -2.25. The molecule has 0 aliphatic rings. The van der Waals surface area contributed by atoms with Gasteiger partial charge in [0.05, 0.1) is 33.1 Å². The number of anilines is 3. The third-order valence-electron chi connectivity index (χ3n) is 21.7. The highest BCUT2D eigenvalue weighted by Gasteiger charge is 2.23. The van der Waals surface area contributed by atoms with E-state index in [1.165, 1.54) is 130 Å². The first-order valence-corrected chi connectivity index (χ1v) is 38.4. The monoisotopic (exact) mass is 1410 g/mol. The highest BCUT2D eigenvalue weighted by Crippen LogP contribution is 2.46. The Morgan fingerprint density at radius 2 is 0.620 bits per heavy atom. The lowest BCUT2D eigenvalue weighted by Crippen LogP contribution is -2.10. The maximum absolute atomic E-state index is 6.35. The first kappa shape index (κ1) is 67.4. The van der Waals surface area contributed by atoms with E-state index in [2.05, 4.69) is 415 Å². The van der Waals surface area contributed by atoms with Crippen molar-refractivity contribution >= 4 is 136 Å². The molecule has 6 heteroatoms. The predicted molar refractivity (Wildman–Crippen MR) is 464 cm³/mol. The summed E-state index contributed by atoms with van der Waals surface area (Å²) in [6, 6.07) is 125. The van der Waals surface area contributed by atoms with Crippen LogP contribution in [0.3, 0.4) is 0 Å². The first-order chi connectivity index (χ1) is 52.5. The summed E-state index contributed by atoms with van der Waals surface area (Å²) < 4.78 is 16.2. The van der Waals surface area contributed by atoms with Crippen LogP contribution in [0.25, 0.3) is 147 Å². The van der Waals surface area contributed by atoms with Crippen LogP contribution in [0, 0.1) is 0 Å². The minimum atomic E-state index is 0.131. The van der Waals surface area contributed by atoms with E-state index in [1.54, 1.807) is 0 Å². The van der Waals surface area contributed by atoms with Gasteiger partial charge < -0.3 is 23.0 Å². The zero-order chi connectivity index (χ0) is 73.6. The van der Waals surface area contributed by atoms with Gasteiger partial charge in [0.15, 0.2) is 0 Å². The molecule has 0 fully saturated rings. The van der Waals surface area contributed by atoms with E-state index in [9.17, 15) is 0 Å². The van der Waals surface area contributed by atoms with Gasteiger partial charge in [-0.2, -0.15) is 0 Å². The second-order valence-electron chi connectivity index (χ2n) is 31.7. The lowest BCUT2D eigenvalue weighted by molar-refractivity contribution is 0.590. The van der Waals surface area contributed by atoms with Crippen LogP contribution in [-0.2, 0) is 16.2 Å². The SMILES string of the molecule is CC(C)(C)c1ccc(-n2c3ccccc3c3cc(-c4cccc5c4oc4ccccc45)ccc32)cc1.CC(C)(C)c1ccc(-n2c3ccccc3c3cc(-c4cccc5c4sc4ccccc45)ccc32)cc1.CC(C)(C)c1ccc(-n2c3ccccc3c3cc(N(c4ccccc4)c4ccccc4)ccc32)cc1. The molecule has 5 aromatic heterocycles. The predicted octanol–water partition coefficient (Wildman–Crippen LogP) is 29.3. The van der Waals surface area contributed by atoms with Gasteiger partial charge in [-0.1, -0.05) is 275 Å².